The summed E-state index contributed by atoms with van der Waals surface area (Å²) in [7, 11) is 5.95. The Balaban J connectivity index is 3.99. The van der Waals surface area contributed by atoms with Crippen molar-refractivity contribution in [3.63, 3.8) is 0 Å². The van der Waals surface area contributed by atoms with Gasteiger partial charge >= 0.3 is 11.9 Å². The minimum absolute atomic E-state index is 0.148. The van der Waals surface area contributed by atoms with Gasteiger partial charge in [0.2, 0.25) is 0 Å². The minimum Gasteiger partial charge on any atom is -0.545 e. The number of ether oxygens (including phenoxy) is 4. The summed E-state index contributed by atoms with van der Waals surface area (Å²) in [5.41, 5.74) is 0. The van der Waals surface area contributed by atoms with E-state index in [-0.39, 0.29) is 32.2 Å². The molecule has 0 fully saturated rings. The van der Waals surface area contributed by atoms with Crippen molar-refractivity contribution in [2.75, 3.05) is 47.5 Å². The van der Waals surface area contributed by atoms with Gasteiger partial charge in [-0.05, 0) is 89.9 Å². The molecule has 540 valence electrons. The summed E-state index contributed by atoms with van der Waals surface area (Å²) in [6, 6.07) is 0. The molecule has 0 bridgehead atoms. The first-order chi connectivity index (χ1) is 45.6. The Kier molecular flexibility index (Phi) is 71.4. The standard InChI is InChI=1S/C84H151NO8/c1-6-8-10-12-14-16-18-20-22-24-26-28-30-32-34-36-38-39-40-41-42-43-45-46-48-50-52-54-56-58-60-62-64-66-68-70-72-74-81(86)91-78-80(79-92-84(83(88)89)90-77-76-85(3,4)5)93-82(87)75-73-71-69-67-65-63-61-59-57-55-53-51-49-47-44-37-35-33-31-29-27-25-23-21-19-17-15-13-11-9-7-2/h9,11,15,17-18,20-21,23-24,26-27,29-30,32,80,84H,6-8,10,12-14,16,19,22,25,28,31,33-79H2,1-5H3/b11-9-,17-15-,20-18-,23-21-,26-24-,29-27-,32-30-. The first-order valence-electron chi connectivity index (χ1n) is 39.7. The third kappa shape index (κ3) is 75.7. The van der Waals surface area contributed by atoms with Crippen LogP contribution in [0.15, 0.2) is 85.1 Å². The van der Waals surface area contributed by atoms with Gasteiger partial charge in [-0.2, -0.15) is 0 Å². The van der Waals surface area contributed by atoms with Crippen LogP contribution in [0.5, 0.6) is 0 Å². The molecule has 0 heterocycles. The molecule has 0 amide bonds. The maximum atomic E-state index is 13.0. The number of allylic oxidation sites excluding steroid dienone is 14. The average Bonchev–Trinajstić information content (AvgIpc) is 3.38. The zero-order chi connectivity index (χ0) is 67.5. The van der Waals surface area contributed by atoms with Crippen molar-refractivity contribution in [3.05, 3.63) is 85.1 Å². The number of carbonyl (C=O) groups excluding carboxylic acids is 3. The lowest BCUT2D eigenvalue weighted by Crippen LogP contribution is -2.44. The Morgan fingerprint density at radius 2 is 0.613 bits per heavy atom. The quantitative estimate of drug-likeness (QED) is 0.0195. The van der Waals surface area contributed by atoms with Gasteiger partial charge < -0.3 is 33.3 Å². The van der Waals surface area contributed by atoms with E-state index in [2.05, 4.69) is 98.9 Å². The van der Waals surface area contributed by atoms with E-state index in [9.17, 15) is 19.5 Å². The third-order valence-electron chi connectivity index (χ3n) is 17.6. The molecule has 93 heavy (non-hydrogen) atoms. The number of hydrogen-bond donors (Lipinski definition) is 0. The Hall–Kier alpha value is -3.53. The second-order valence-corrected chi connectivity index (χ2v) is 28.0. The Bertz CT molecular complexity index is 1810. The highest BCUT2D eigenvalue weighted by Crippen LogP contribution is 2.19. The lowest BCUT2D eigenvalue weighted by molar-refractivity contribution is -0.870. The molecule has 0 aliphatic rings. The number of nitrogens with zero attached hydrogens (tertiary/aromatic N) is 1. The molecule has 0 saturated carbocycles. The first kappa shape index (κ1) is 89.5. The third-order valence-corrected chi connectivity index (χ3v) is 17.6. The van der Waals surface area contributed by atoms with Crippen molar-refractivity contribution >= 4 is 17.9 Å². The van der Waals surface area contributed by atoms with Crippen LogP contribution in [0.4, 0.5) is 0 Å². The summed E-state index contributed by atoms with van der Waals surface area (Å²) in [6.07, 6.45) is 98.5. The maximum absolute atomic E-state index is 13.0. The summed E-state index contributed by atoms with van der Waals surface area (Å²) >= 11 is 0. The maximum Gasteiger partial charge on any atom is 0.306 e. The second-order valence-electron chi connectivity index (χ2n) is 28.0. The number of likely N-dealkylation sites (N-methyl/N-ethyl adjacent to an activating group) is 1. The van der Waals surface area contributed by atoms with E-state index in [1.54, 1.807) is 0 Å². The molecular weight excluding hydrogens is 1150 g/mol. The van der Waals surface area contributed by atoms with Crippen LogP contribution < -0.4 is 5.11 Å². The molecule has 0 saturated heterocycles. The van der Waals surface area contributed by atoms with Crippen LogP contribution in [0.2, 0.25) is 0 Å². The first-order valence-corrected chi connectivity index (χ1v) is 39.7. The van der Waals surface area contributed by atoms with Crippen LogP contribution >= 0.6 is 0 Å². The number of esters is 2. The number of carbonyl (C=O) groups is 3. The number of rotatable bonds is 74. The SMILES string of the molecule is CC/C=C\C/C=C\C/C=C\C/C=C\CCCCCCCCCCCCCCCCCCCCC(=O)OC(COC(=O)CCCCCCCCCCCCCCCCCCCCCCCC/C=C\C/C=C\C/C=C\CCCCCCC)COC(OCC[N+](C)(C)C)C(=O)[O-]. The van der Waals surface area contributed by atoms with E-state index in [4.69, 9.17) is 18.9 Å². The minimum atomic E-state index is -1.62. The summed E-state index contributed by atoms with van der Waals surface area (Å²) in [6.45, 7) is 4.68. The topological polar surface area (TPSA) is 111 Å². The van der Waals surface area contributed by atoms with Crippen molar-refractivity contribution in [1.82, 2.24) is 0 Å². The molecule has 0 rings (SSSR count). The summed E-state index contributed by atoms with van der Waals surface area (Å²) in [5.74, 6) is -2.26. The summed E-state index contributed by atoms with van der Waals surface area (Å²) in [4.78, 5) is 37.6. The van der Waals surface area contributed by atoms with Gasteiger partial charge in [0.05, 0.1) is 40.3 Å². The van der Waals surface area contributed by atoms with E-state index in [0.717, 1.165) is 70.6 Å². The number of aliphatic carboxylic acids is 1. The fourth-order valence-corrected chi connectivity index (χ4v) is 11.6. The molecule has 0 radical (unpaired) electrons. The highest BCUT2D eigenvalue weighted by molar-refractivity contribution is 5.70. The number of carboxylic acid groups (broad SMARTS) is 1. The summed E-state index contributed by atoms with van der Waals surface area (Å²) in [5, 5.41) is 11.9. The van der Waals surface area contributed by atoms with Gasteiger partial charge in [0, 0.05) is 12.8 Å². The zero-order valence-corrected chi connectivity index (χ0v) is 61.9. The van der Waals surface area contributed by atoms with Crippen LogP contribution in [-0.2, 0) is 33.3 Å². The van der Waals surface area contributed by atoms with Crippen LogP contribution in [0.25, 0.3) is 0 Å². The fraction of sp³-hybridized carbons (Fsp3) is 0.798. The van der Waals surface area contributed by atoms with Gasteiger partial charge in [-0.1, -0.05) is 356 Å². The van der Waals surface area contributed by atoms with Crippen LogP contribution in [0.1, 0.15) is 373 Å². The zero-order valence-electron chi connectivity index (χ0n) is 61.9. The number of hydrogen-bond acceptors (Lipinski definition) is 8. The van der Waals surface area contributed by atoms with Gasteiger partial charge in [-0.3, -0.25) is 9.59 Å². The molecule has 0 aliphatic carbocycles. The normalized spacial score (nSPS) is 13.1. The van der Waals surface area contributed by atoms with Crippen LogP contribution in [0, 0.1) is 0 Å². The fourth-order valence-electron chi connectivity index (χ4n) is 11.6. The second kappa shape index (κ2) is 74.3. The van der Waals surface area contributed by atoms with Crippen molar-refractivity contribution in [2.45, 2.75) is 386 Å². The predicted octanol–water partition coefficient (Wildman–Crippen LogP) is 24.0. The Morgan fingerprint density at radius 3 is 0.914 bits per heavy atom. The highest BCUT2D eigenvalue weighted by atomic mass is 16.7. The van der Waals surface area contributed by atoms with Gasteiger partial charge in [-0.25, -0.2) is 0 Å². The lowest BCUT2D eigenvalue weighted by Gasteiger charge is -2.26. The Morgan fingerprint density at radius 1 is 0.333 bits per heavy atom. The van der Waals surface area contributed by atoms with E-state index in [1.807, 2.05) is 21.1 Å². The monoisotopic (exact) mass is 1300 g/mol. The predicted molar refractivity (Wildman–Crippen MR) is 398 cm³/mol. The molecule has 0 aromatic heterocycles. The Labute approximate surface area is 576 Å². The number of unbranched alkanes of at least 4 members (excludes halogenated alkanes) is 45. The smallest absolute Gasteiger partial charge is 0.306 e. The molecule has 2 unspecified atom stereocenters. The van der Waals surface area contributed by atoms with Crippen molar-refractivity contribution < 1.29 is 42.9 Å². The molecule has 0 aromatic carbocycles. The van der Waals surface area contributed by atoms with Crippen molar-refractivity contribution in [1.29, 1.82) is 0 Å². The van der Waals surface area contributed by atoms with E-state index in [0.29, 0.717) is 23.9 Å². The molecular formula is C84H151NO8. The lowest BCUT2D eigenvalue weighted by atomic mass is 10.0. The molecule has 9 heteroatoms. The summed E-state index contributed by atoms with van der Waals surface area (Å²) < 4.78 is 22.9. The van der Waals surface area contributed by atoms with Crippen molar-refractivity contribution in [2.24, 2.45) is 0 Å². The molecule has 9 nitrogen and oxygen atoms in total. The van der Waals surface area contributed by atoms with E-state index in [1.165, 1.54) is 270 Å². The number of carboxylic acids is 1. The van der Waals surface area contributed by atoms with E-state index >= 15 is 0 Å². The van der Waals surface area contributed by atoms with Gasteiger partial charge in [-0.15, -0.1) is 0 Å². The average molecular weight is 1300 g/mol. The van der Waals surface area contributed by atoms with Gasteiger partial charge in [0.1, 0.15) is 13.2 Å². The molecule has 0 N–H and O–H groups in total. The van der Waals surface area contributed by atoms with Gasteiger partial charge in [0.15, 0.2) is 12.4 Å². The van der Waals surface area contributed by atoms with Crippen LogP contribution in [-0.4, -0.2) is 82.3 Å². The largest absolute Gasteiger partial charge is 0.545 e. The van der Waals surface area contributed by atoms with Crippen LogP contribution in [0.3, 0.4) is 0 Å². The molecule has 0 aliphatic heterocycles. The van der Waals surface area contributed by atoms with Crippen molar-refractivity contribution in [3.8, 4) is 0 Å². The molecule has 0 aromatic rings. The van der Waals surface area contributed by atoms with E-state index < -0.39 is 24.3 Å². The molecule has 0 spiro atoms. The highest BCUT2D eigenvalue weighted by Gasteiger charge is 2.22. The van der Waals surface area contributed by atoms with Gasteiger partial charge in [0.25, 0.3) is 0 Å². The molecule has 2 atom stereocenters. The number of quaternary nitrogens is 1.